The summed E-state index contributed by atoms with van der Waals surface area (Å²) in [6.45, 7) is 2.65. The Morgan fingerprint density at radius 2 is 2.00 bits per heavy atom. The van der Waals surface area contributed by atoms with Crippen molar-refractivity contribution in [2.24, 2.45) is 0 Å². The first kappa shape index (κ1) is 16.7. The molecule has 4 N–H and O–H groups in total. The maximum atomic E-state index is 12.7. The molecule has 0 spiro atoms. The van der Waals surface area contributed by atoms with Gasteiger partial charge in [0.05, 0.1) is 7.11 Å². The van der Waals surface area contributed by atoms with Gasteiger partial charge >= 0.3 is 0 Å². The van der Waals surface area contributed by atoms with Crippen LogP contribution in [0.3, 0.4) is 0 Å². The van der Waals surface area contributed by atoms with Crippen molar-refractivity contribution in [2.45, 2.75) is 6.42 Å². The van der Waals surface area contributed by atoms with Crippen LogP contribution in [0.1, 0.15) is 16.8 Å². The first-order valence-electron chi connectivity index (χ1n) is 8.01. The lowest BCUT2D eigenvalue weighted by atomic mass is 10.2. The van der Waals surface area contributed by atoms with E-state index >= 15 is 0 Å². The minimum Gasteiger partial charge on any atom is -0.481 e. The predicted molar refractivity (Wildman–Crippen MR) is 94.4 cm³/mol. The van der Waals surface area contributed by atoms with E-state index in [0.717, 1.165) is 13.0 Å². The molecule has 1 saturated heterocycles. The van der Waals surface area contributed by atoms with Gasteiger partial charge in [0.1, 0.15) is 11.6 Å². The van der Waals surface area contributed by atoms with Gasteiger partial charge < -0.3 is 26.0 Å². The van der Waals surface area contributed by atoms with Gasteiger partial charge in [-0.2, -0.15) is 9.97 Å². The Hall–Kier alpha value is -3.10. The molecule has 1 aliphatic heterocycles. The Labute approximate surface area is 145 Å². The highest BCUT2D eigenvalue weighted by Gasteiger charge is 2.22. The molecule has 2 aromatic heterocycles. The second-order valence-electron chi connectivity index (χ2n) is 5.73. The number of pyridine rings is 1. The number of carbonyl (C=O) groups excluding carboxylic acids is 1. The molecule has 0 aromatic carbocycles. The standard InChI is InChI=1S/C16H21N7O2/c1-25-14-9-11(3-4-19-14)15(24)23-6-2-5-22(7-8-23)13-10-12(17)20-16(18)21-13/h3-4,9-10H,2,5-8H2,1H3,(H4,17,18,20,21). The summed E-state index contributed by atoms with van der Waals surface area (Å²) in [4.78, 5) is 28.8. The lowest BCUT2D eigenvalue weighted by molar-refractivity contribution is 0.0766. The van der Waals surface area contributed by atoms with Crippen molar-refractivity contribution in [2.75, 3.05) is 49.7 Å². The number of aromatic nitrogens is 3. The Morgan fingerprint density at radius 1 is 1.16 bits per heavy atom. The van der Waals surface area contributed by atoms with Crippen LogP contribution >= 0.6 is 0 Å². The van der Waals surface area contributed by atoms with E-state index in [4.69, 9.17) is 16.2 Å². The number of anilines is 3. The first-order valence-corrected chi connectivity index (χ1v) is 8.01. The maximum Gasteiger partial charge on any atom is 0.254 e. The van der Waals surface area contributed by atoms with E-state index in [-0.39, 0.29) is 11.9 Å². The Kier molecular flexibility index (Phi) is 4.82. The molecule has 0 atom stereocenters. The normalized spacial score (nSPS) is 14.9. The average molecular weight is 343 g/mol. The zero-order valence-corrected chi connectivity index (χ0v) is 14.1. The fourth-order valence-electron chi connectivity index (χ4n) is 2.82. The summed E-state index contributed by atoms with van der Waals surface area (Å²) in [5, 5.41) is 0. The van der Waals surface area contributed by atoms with Crippen LogP contribution in [-0.4, -0.2) is 59.0 Å². The van der Waals surface area contributed by atoms with Crippen LogP contribution in [0, 0.1) is 0 Å². The number of amides is 1. The molecule has 1 amide bonds. The quantitative estimate of drug-likeness (QED) is 0.820. The zero-order chi connectivity index (χ0) is 17.8. The number of methoxy groups -OCH3 is 1. The van der Waals surface area contributed by atoms with E-state index in [1.807, 2.05) is 4.90 Å². The first-order chi connectivity index (χ1) is 12.1. The molecule has 9 heteroatoms. The van der Waals surface area contributed by atoms with E-state index in [2.05, 4.69) is 19.9 Å². The lowest BCUT2D eigenvalue weighted by Crippen LogP contribution is -2.35. The molecule has 1 fully saturated rings. The van der Waals surface area contributed by atoms with Gasteiger partial charge in [-0.15, -0.1) is 0 Å². The second-order valence-corrected chi connectivity index (χ2v) is 5.73. The summed E-state index contributed by atoms with van der Waals surface area (Å²) in [6.07, 6.45) is 2.39. The highest BCUT2D eigenvalue weighted by Crippen LogP contribution is 2.18. The number of hydrogen-bond acceptors (Lipinski definition) is 8. The van der Waals surface area contributed by atoms with Gasteiger partial charge in [0.15, 0.2) is 0 Å². The number of nitrogens with two attached hydrogens (primary N) is 2. The SMILES string of the molecule is COc1cc(C(=O)N2CCCN(c3cc(N)nc(N)n3)CC2)ccn1. The van der Waals surface area contributed by atoms with Crippen molar-refractivity contribution >= 4 is 23.5 Å². The van der Waals surface area contributed by atoms with Crippen LogP contribution in [0.5, 0.6) is 5.88 Å². The molecular weight excluding hydrogens is 322 g/mol. The molecule has 1 aliphatic rings. The molecule has 0 radical (unpaired) electrons. The number of ether oxygens (including phenoxy) is 1. The molecule has 132 valence electrons. The van der Waals surface area contributed by atoms with Gasteiger partial charge in [0, 0.05) is 50.1 Å². The van der Waals surface area contributed by atoms with Crippen LogP contribution in [-0.2, 0) is 0 Å². The Morgan fingerprint density at radius 3 is 2.76 bits per heavy atom. The highest BCUT2D eigenvalue weighted by molar-refractivity contribution is 5.94. The third-order valence-electron chi connectivity index (χ3n) is 4.05. The molecule has 2 aromatic rings. The number of carbonyl (C=O) groups is 1. The molecule has 9 nitrogen and oxygen atoms in total. The fourth-order valence-corrected chi connectivity index (χ4v) is 2.82. The van der Waals surface area contributed by atoms with Gasteiger partial charge in [0.2, 0.25) is 11.8 Å². The third kappa shape index (κ3) is 3.87. The second kappa shape index (κ2) is 7.20. The van der Waals surface area contributed by atoms with Crippen molar-refractivity contribution in [1.29, 1.82) is 0 Å². The van der Waals surface area contributed by atoms with Crippen molar-refractivity contribution in [3.05, 3.63) is 30.0 Å². The molecule has 25 heavy (non-hydrogen) atoms. The minimum atomic E-state index is -0.0377. The monoisotopic (exact) mass is 343 g/mol. The van der Waals surface area contributed by atoms with Crippen molar-refractivity contribution in [3.8, 4) is 5.88 Å². The van der Waals surface area contributed by atoms with Crippen LogP contribution < -0.4 is 21.1 Å². The van der Waals surface area contributed by atoms with E-state index in [0.29, 0.717) is 42.7 Å². The number of rotatable bonds is 3. The minimum absolute atomic E-state index is 0.0377. The van der Waals surface area contributed by atoms with E-state index in [9.17, 15) is 4.79 Å². The summed E-state index contributed by atoms with van der Waals surface area (Å²) in [5.41, 5.74) is 12.0. The summed E-state index contributed by atoms with van der Waals surface area (Å²) < 4.78 is 5.09. The number of hydrogen-bond donors (Lipinski definition) is 2. The average Bonchev–Trinajstić information content (AvgIpc) is 2.86. The topological polar surface area (TPSA) is 123 Å². The zero-order valence-electron chi connectivity index (χ0n) is 14.1. The van der Waals surface area contributed by atoms with Gasteiger partial charge in [0.25, 0.3) is 5.91 Å². The van der Waals surface area contributed by atoms with Gasteiger partial charge in [-0.1, -0.05) is 0 Å². The van der Waals surface area contributed by atoms with E-state index in [1.165, 1.54) is 7.11 Å². The van der Waals surface area contributed by atoms with Crippen LogP contribution in [0.2, 0.25) is 0 Å². The highest BCUT2D eigenvalue weighted by atomic mass is 16.5. The van der Waals surface area contributed by atoms with Crippen LogP contribution in [0.25, 0.3) is 0 Å². The molecule has 0 aliphatic carbocycles. The number of nitrogen functional groups attached to an aromatic ring is 2. The largest absolute Gasteiger partial charge is 0.481 e. The van der Waals surface area contributed by atoms with E-state index in [1.54, 1.807) is 24.4 Å². The summed E-state index contributed by atoms with van der Waals surface area (Å²) in [7, 11) is 1.53. The Bertz CT molecular complexity index is 748. The third-order valence-corrected chi connectivity index (χ3v) is 4.05. The summed E-state index contributed by atoms with van der Waals surface area (Å²) in [6, 6.07) is 5.04. The summed E-state index contributed by atoms with van der Waals surface area (Å²) in [5.74, 6) is 1.56. The van der Waals surface area contributed by atoms with E-state index < -0.39 is 0 Å². The van der Waals surface area contributed by atoms with Crippen LogP contribution in [0.4, 0.5) is 17.6 Å². The molecule has 3 heterocycles. The molecule has 0 bridgehead atoms. The predicted octanol–water partition coefficient (Wildman–Crippen LogP) is 0.397. The Balaban J connectivity index is 1.71. The molecule has 3 rings (SSSR count). The fraction of sp³-hybridized carbons (Fsp3) is 0.375. The molecule has 0 saturated carbocycles. The molecular formula is C16H21N7O2. The van der Waals surface area contributed by atoms with Crippen molar-refractivity contribution in [1.82, 2.24) is 19.9 Å². The van der Waals surface area contributed by atoms with Crippen molar-refractivity contribution in [3.63, 3.8) is 0 Å². The maximum absolute atomic E-state index is 12.7. The van der Waals surface area contributed by atoms with Gasteiger partial charge in [-0.05, 0) is 12.5 Å². The lowest BCUT2D eigenvalue weighted by Gasteiger charge is -2.23. The van der Waals surface area contributed by atoms with Crippen molar-refractivity contribution < 1.29 is 9.53 Å². The smallest absolute Gasteiger partial charge is 0.254 e. The number of nitrogens with zero attached hydrogens (tertiary/aromatic N) is 5. The summed E-state index contributed by atoms with van der Waals surface area (Å²) >= 11 is 0. The van der Waals surface area contributed by atoms with Crippen LogP contribution in [0.15, 0.2) is 24.4 Å². The van der Waals surface area contributed by atoms with Gasteiger partial charge in [-0.25, -0.2) is 4.98 Å². The van der Waals surface area contributed by atoms with Gasteiger partial charge in [-0.3, -0.25) is 4.79 Å². The molecule has 0 unspecified atom stereocenters.